The number of hydrogen-bond acceptors (Lipinski definition) is 4. The van der Waals surface area contributed by atoms with Gasteiger partial charge in [0.05, 0.1) is 6.42 Å². The van der Waals surface area contributed by atoms with Gasteiger partial charge in [-0.1, -0.05) is 0 Å². The van der Waals surface area contributed by atoms with Crippen molar-refractivity contribution in [1.29, 1.82) is 0 Å². The van der Waals surface area contributed by atoms with Gasteiger partial charge in [-0.2, -0.15) is 0 Å². The number of ether oxygens (including phenoxy) is 1. The molecule has 2 aromatic rings. The van der Waals surface area contributed by atoms with Crippen LogP contribution in [-0.4, -0.2) is 35.0 Å². The molecule has 0 aromatic heterocycles. The fraction of sp³-hybridized carbons (Fsp3) is 0.250. The Morgan fingerprint density at radius 1 is 1.04 bits per heavy atom. The van der Waals surface area contributed by atoms with E-state index in [4.69, 9.17) is 9.84 Å². The van der Waals surface area contributed by atoms with E-state index in [1.807, 2.05) is 0 Å². The maximum atomic E-state index is 13.0. The van der Waals surface area contributed by atoms with Crippen LogP contribution in [0.2, 0.25) is 0 Å². The van der Waals surface area contributed by atoms with Crippen molar-refractivity contribution in [2.24, 2.45) is 0 Å². The smallest absolute Gasteiger partial charge is 0.305 e. The Morgan fingerprint density at radius 3 is 2.21 bits per heavy atom. The highest BCUT2D eigenvalue weighted by atomic mass is 19.1. The van der Waals surface area contributed by atoms with Crippen LogP contribution in [0, 0.1) is 5.82 Å². The lowest BCUT2D eigenvalue weighted by molar-refractivity contribution is -0.136. The Morgan fingerprint density at radius 2 is 1.64 bits per heavy atom. The van der Waals surface area contributed by atoms with Crippen LogP contribution >= 0.6 is 0 Å². The first-order valence-electron chi connectivity index (χ1n) is 8.53. The summed E-state index contributed by atoms with van der Waals surface area (Å²) in [6.45, 7) is 3.19. The molecule has 2 rings (SSSR count). The maximum absolute atomic E-state index is 13.0. The van der Waals surface area contributed by atoms with Gasteiger partial charge in [-0.05, 0) is 62.4 Å². The summed E-state index contributed by atoms with van der Waals surface area (Å²) in [6, 6.07) is 11.5. The molecule has 0 aliphatic carbocycles. The van der Waals surface area contributed by atoms with Crippen molar-refractivity contribution in [1.82, 2.24) is 5.32 Å². The van der Waals surface area contributed by atoms with E-state index in [0.717, 1.165) is 0 Å². The van der Waals surface area contributed by atoms with Gasteiger partial charge in [-0.15, -0.1) is 0 Å². The second-order valence-electron chi connectivity index (χ2n) is 6.50. The Hall–Kier alpha value is -3.42. The molecule has 0 aliphatic rings. The van der Waals surface area contributed by atoms with Crippen molar-refractivity contribution < 1.29 is 28.6 Å². The average Bonchev–Trinajstić information content (AvgIpc) is 2.63. The largest absolute Gasteiger partial charge is 0.481 e. The second-order valence-corrected chi connectivity index (χ2v) is 6.50. The standard InChI is InChI=1S/C20H21FN2O5/c1-20(2,28-16-9-5-14(21)6-10-16)19(27)23-15-7-3-13(4-8-15)18(26)22-12-11-17(24)25/h3-10H,11-12H2,1-2H3,(H,22,26)(H,23,27)(H,24,25). The number of rotatable bonds is 8. The molecule has 2 aromatic carbocycles. The number of amides is 2. The van der Waals surface area contributed by atoms with E-state index in [1.54, 1.807) is 26.0 Å². The summed E-state index contributed by atoms with van der Waals surface area (Å²) in [5.74, 6) is -1.87. The van der Waals surface area contributed by atoms with Crippen molar-refractivity contribution in [3.05, 3.63) is 59.9 Å². The third-order valence-corrected chi connectivity index (χ3v) is 3.76. The van der Waals surface area contributed by atoms with Gasteiger partial charge in [0.2, 0.25) is 0 Å². The summed E-state index contributed by atoms with van der Waals surface area (Å²) in [6.07, 6.45) is -0.164. The third-order valence-electron chi connectivity index (χ3n) is 3.76. The molecule has 148 valence electrons. The fourth-order valence-corrected chi connectivity index (χ4v) is 2.22. The van der Waals surface area contributed by atoms with E-state index >= 15 is 0 Å². The molecule has 0 saturated carbocycles. The summed E-state index contributed by atoms with van der Waals surface area (Å²) in [7, 11) is 0. The number of carboxylic acids is 1. The number of aliphatic carboxylic acids is 1. The molecule has 0 atom stereocenters. The summed E-state index contributed by atoms with van der Waals surface area (Å²) in [5, 5.41) is 13.8. The summed E-state index contributed by atoms with van der Waals surface area (Å²) < 4.78 is 18.6. The number of carboxylic acid groups (broad SMARTS) is 1. The van der Waals surface area contributed by atoms with Gasteiger partial charge in [0, 0.05) is 17.8 Å². The van der Waals surface area contributed by atoms with Gasteiger partial charge in [0.1, 0.15) is 11.6 Å². The topological polar surface area (TPSA) is 105 Å². The number of carbonyl (C=O) groups is 3. The van der Waals surface area contributed by atoms with E-state index in [-0.39, 0.29) is 13.0 Å². The molecular formula is C20H21FN2O5. The van der Waals surface area contributed by atoms with Crippen LogP contribution in [0.3, 0.4) is 0 Å². The molecule has 0 aliphatic heterocycles. The minimum absolute atomic E-state index is 0.0293. The molecular weight excluding hydrogens is 367 g/mol. The second kappa shape index (κ2) is 8.98. The van der Waals surface area contributed by atoms with Crippen LogP contribution < -0.4 is 15.4 Å². The lowest BCUT2D eigenvalue weighted by Crippen LogP contribution is -2.42. The predicted molar refractivity (Wildman–Crippen MR) is 101 cm³/mol. The monoisotopic (exact) mass is 388 g/mol. The van der Waals surface area contributed by atoms with E-state index in [9.17, 15) is 18.8 Å². The van der Waals surface area contributed by atoms with Crippen LogP contribution in [0.1, 0.15) is 30.6 Å². The van der Waals surface area contributed by atoms with Gasteiger partial charge in [0.25, 0.3) is 11.8 Å². The molecule has 28 heavy (non-hydrogen) atoms. The first-order valence-corrected chi connectivity index (χ1v) is 8.53. The van der Waals surface area contributed by atoms with E-state index in [0.29, 0.717) is 17.0 Å². The molecule has 0 bridgehead atoms. The summed E-state index contributed by atoms with van der Waals surface area (Å²) in [4.78, 5) is 34.8. The van der Waals surface area contributed by atoms with E-state index in [2.05, 4.69) is 10.6 Å². The van der Waals surface area contributed by atoms with Crippen LogP contribution in [0.5, 0.6) is 5.75 Å². The molecule has 0 heterocycles. The highest BCUT2D eigenvalue weighted by Crippen LogP contribution is 2.20. The zero-order chi connectivity index (χ0) is 20.7. The SMILES string of the molecule is CC(C)(Oc1ccc(F)cc1)C(=O)Nc1ccc(C(=O)NCCC(=O)O)cc1. The molecule has 0 radical (unpaired) electrons. The zero-order valence-electron chi connectivity index (χ0n) is 15.5. The first-order chi connectivity index (χ1) is 13.2. The molecule has 8 heteroatoms. The van der Waals surface area contributed by atoms with E-state index in [1.165, 1.54) is 36.4 Å². The number of carbonyl (C=O) groups excluding carboxylic acids is 2. The number of nitrogens with one attached hydrogen (secondary N) is 2. The molecule has 7 nitrogen and oxygen atoms in total. The van der Waals surface area contributed by atoms with Gasteiger partial charge in [0.15, 0.2) is 5.60 Å². The number of halogens is 1. The molecule has 0 saturated heterocycles. The molecule has 3 N–H and O–H groups in total. The number of hydrogen-bond donors (Lipinski definition) is 3. The molecule has 0 spiro atoms. The van der Waals surface area contributed by atoms with Gasteiger partial charge < -0.3 is 20.5 Å². The Kier molecular flexibility index (Phi) is 6.70. The lowest BCUT2D eigenvalue weighted by Gasteiger charge is -2.25. The maximum Gasteiger partial charge on any atom is 0.305 e. The minimum atomic E-state index is -1.22. The van der Waals surface area contributed by atoms with Crippen molar-refractivity contribution in [3.8, 4) is 5.75 Å². The lowest BCUT2D eigenvalue weighted by atomic mass is 10.1. The van der Waals surface area contributed by atoms with Gasteiger partial charge in [-0.3, -0.25) is 14.4 Å². The van der Waals surface area contributed by atoms with Crippen molar-refractivity contribution in [2.45, 2.75) is 25.9 Å². The van der Waals surface area contributed by atoms with Gasteiger partial charge in [-0.25, -0.2) is 4.39 Å². The summed E-state index contributed by atoms with van der Waals surface area (Å²) in [5.41, 5.74) is -0.418. The van der Waals surface area contributed by atoms with Crippen LogP contribution in [0.25, 0.3) is 0 Å². The fourth-order valence-electron chi connectivity index (χ4n) is 2.22. The molecule has 0 fully saturated rings. The molecule has 2 amide bonds. The highest BCUT2D eigenvalue weighted by molar-refractivity contribution is 5.98. The van der Waals surface area contributed by atoms with Crippen LogP contribution in [0.4, 0.5) is 10.1 Å². The molecule has 0 unspecified atom stereocenters. The number of benzene rings is 2. The predicted octanol–water partition coefficient (Wildman–Crippen LogP) is 2.83. The van der Waals surface area contributed by atoms with Crippen LogP contribution in [-0.2, 0) is 9.59 Å². The third kappa shape index (κ3) is 6.08. The van der Waals surface area contributed by atoms with Gasteiger partial charge >= 0.3 is 5.97 Å². The van der Waals surface area contributed by atoms with Crippen LogP contribution in [0.15, 0.2) is 48.5 Å². The van der Waals surface area contributed by atoms with Crippen molar-refractivity contribution in [3.63, 3.8) is 0 Å². The first kappa shape index (κ1) is 20.9. The number of anilines is 1. The van der Waals surface area contributed by atoms with E-state index < -0.39 is 29.2 Å². The van der Waals surface area contributed by atoms with Crippen molar-refractivity contribution in [2.75, 3.05) is 11.9 Å². The quantitative estimate of drug-likeness (QED) is 0.645. The summed E-state index contributed by atoms with van der Waals surface area (Å²) >= 11 is 0. The Labute approximate surface area is 161 Å². The Bertz CT molecular complexity index is 848. The average molecular weight is 388 g/mol. The normalized spacial score (nSPS) is 10.8. The highest BCUT2D eigenvalue weighted by Gasteiger charge is 2.30. The van der Waals surface area contributed by atoms with Crippen molar-refractivity contribution >= 4 is 23.5 Å². The minimum Gasteiger partial charge on any atom is -0.481 e. The Balaban J connectivity index is 1.94. The zero-order valence-corrected chi connectivity index (χ0v) is 15.5.